The van der Waals surface area contributed by atoms with Gasteiger partial charge in [-0.1, -0.05) is 51.2 Å². The first-order valence-electron chi connectivity index (χ1n) is 19.0. The summed E-state index contributed by atoms with van der Waals surface area (Å²) in [6.07, 6.45) is 9.31. The fraction of sp³-hybridized carbons (Fsp3) is 0.821. The Hall–Kier alpha value is -1.87. The Morgan fingerprint density at radius 3 is 1.22 bits per heavy atom. The van der Waals surface area contributed by atoms with Crippen LogP contribution in [0.4, 0.5) is 0 Å². The van der Waals surface area contributed by atoms with Gasteiger partial charge in [0, 0.05) is 0 Å². The predicted octanol–water partition coefficient (Wildman–Crippen LogP) is 5.85. The zero-order chi connectivity index (χ0) is 36.9. The molecule has 12 nitrogen and oxygen atoms in total. The van der Waals surface area contributed by atoms with Crippen molar-refractivity contribution in [2.75, 3.05) is 126 Å². The van der Waals surface area contributed by atoms with Crippen molar-refractivity contribution in [1.29, 1.82) is 0 Å². The van der Waals surface area contributed by atoms with Crippen LogP contribution in [0.15, 0.2) is 24.3 Å². The van der Waals surface area contributed by atoms with Crippen molar-refractivity contribution < 1.29 is 56.9 Å². The summed E-state index contributed by atoms with van der Waals surface area (Å²) in [4.78, 5) is 11.6. The molecule has 0 spiro atoms. The highest BCUT2D eigenvalue weighted by Crippen LogP contribution is 2.15. The van der Waals surface area contributed by atoms with Crippen LogP contribution in [0.3, 0.4) is 0 Å². The molecule has 0 heterocycles. The van der Waals surface area contributed by atoms with Gasteiger partial charge in [0.25, 0.3) is 0 Å². The molecule has 0 unspecified atom stereocenters. The van der Waals surface area contributed by atoms with Crippen molar-refractivity contribution in [3.8, 4) is 5.75 Å². The first-order chi connectivity index (χ1) is 24.9. The normalized spacial score (nSPS) is 11.7. The summed E-state index contributed by atoms with van der Waals surface area (Å²) in [5.74, 6) is 0.620. The second kappa shape index (κ2) is 35.2. The first kappa shape index (κ1) is 47.2. The van der Waals surface area contributed by atoms with Gasteiger partial charge in [0.15, 0.2) is 0 Å². The molecule has 0 aliphatic rings. The number of esters is 1. The van der Waals surface area contributed by atoms with E-state index in [1.54, 1.807) is 0 Å². The highest BCUT2D eigenvalue weighted by molar-refractivity contribution is 5.69. The van der Waals surface area contributed by atoms with Crippen LogP contribution >= 0.6 is 0 Å². The molecule has 0 aliphatic carbocycles. The molecular weight excluding hydrogens is 660 g/mol. The van der Waals surface area contributed by atoms with Crippen LogP contribution in [-0.2, 0) is 58.6 Å². The van der Waals surface area contributed by atoms with Gasteiger partial charge in [0.05, 0.1) is 125 Å². The molecule has 0 aliphatic heterocycles. The van der Waals surface area contributed by atoms with Gasteiger partial charge >= 0.3 is 5.97 Å². The van der Waals surface area contributed by atoms with E-state index in [1.165, 1.54) is 44.1 Å². The molecule has 51 heavy (non-hydrogen) atoms. The first-order valence-corrected chi connectivity index (χ1v) is 19.0. The Labute approximate surface area is 308 Å². The lowest BCUT2D eigenvalue weighted by Crippen LogP contribution is -2.24. The van der Waals surface area contributed by atoms with Crippen LogP contribution in [0.2, 0.25) is 0 Å². The summed E-state index contributed by atoms with van der Waals surface area (Å²) in [6, 6.07) is 8.43. The third-order valence-corrected chi connectivity index (χ3v) is 7.09. The number of rotatable bonds is 38. The van der Waals surface area contributed by atoms with Crippen LogP contribution in [0.25, 0.3) is 0 Å². The maximum Gasteiger partial charge on any atom is 0.308 e. The largest absolute Gasteiger partial charge is 0.491 e. The minimum absolute atomic E-state index is 0.234. The molecule has 0 N–H and O–H groups in total. The van der Waals surface area contributed by atoms with Crippen LogP contribution in [0, 0.1) is 0 Å². The average Bonchev–Trinajstić information content (AvgIpc) is 3.10. The maximum absolute atomic E-state index is 11.6. The standard InChI is InChI=1S/C39H70O12/c1-5-6-7-8-9-10-11-36-12-14-37(15-13-36)50-35-34-49-33-32-48-31-30-47-29-28-46-27-26-45-25-24-44-23-22-43-21-20-42-19-18-41-17-16-38(40)51-39(2,3)4/h12-15H,5-11,16-35H2,1-4H3. The van der Waals surface area contributed by atoms with E-state index in [4.69, 9.17) is 52.1 Å². The molecule has 0 radical (unpaired) electrons. The Morgan fingerprint density at radius 1 is 0.471 bits per heavy atom. The van der Waals surface area contributed by atoms with E-state index in [0.717, 1.165) is 12.2 Å². The summed E-state index contributed by atoms with van der Waals surface area (Å²) in [5.41, 5.74) is 0.902. The van der Waals surface area contributed by atoms with Crippen LogP contribution in [0.5, 0.6) is 5.75 Å². The van der Waals surface area contributed by atoms with E-state index < -0.39 is 5.60 Å². The van der Waals surface area contributed by atoms with E-state index in [9.17, 15) is 4.79 Å². The van der Waals surface area contributed by atoms with Crippen LogP contribution in [0.1, 0.15) is 78.2 Å². The third kappa shape index (κ3) is 35.0. The number of benzene rings is 1. The van der Waals surface area contributed by atoms with Crippen LogP contribution in [-0.4, -0.2) is 137 Å². The average molecular weight is 731 g/mol. The summed E-state index contributed by atoms with van der Waals surface area (Å²) < 4.78 is 60.4. The third-order valence-electron chi connectivity index (χ3n) is 7.09. The molecule has 0 saturated carbocycles. The highest BCUT2D eigenvalue weighted by atomic mass is 16.6. The van der Waals surface area contributed by atoms with Crippen molar-refractivity contribution in [3.05, 3.63) is 29.8 Å². The molecule has 0 amide bonds. The van der Waals surface area contributed by atoms with E-state index in [0.29, 0.717) is 126 Å². The second-order valence-electron chi connectivity index (χ2n) is 12.9. The van der Waals surface area contributed by atoms with Crippen LogP contribution < -0.4 is 4.74 Å². The number of hydrogen-bond donors (Lipinski definition) is 0. The van der Waals surface area contributed by atoms with Gasteiger partial charge in [-0.2, -0.15) is 0 Å². The van der Waals surface area contributed by atoms with Crippen molar-refractivity contribution >= 4 is 5.97 Å². The molecule has 1 aromatic rings. The lowest BCUT2D eigenvalue weighted by molar-refractivity contribution is -0.156. The Kier molecular flexibility index (Phi) is 32.5. The van der Waals surface area contributed by atoms with Gasteiger partial charge in [-0.25, -0.2) is 0 Å². The van der Waals surface area contributed by atoms with Gasteiger partial charge in [0.2, 0.25) is 0 Å². The zero-order valence-corrected chi connectivity index (χ0v) is 32.3. The fourth-order valence-corrected chi connectivity index (χ4v) is 4.49. The number of ether oxygens (including phenoxy) is 11. The lowest BCUT2D eigenvalue weighted by Gasteiger charge is -2.19. The highest BCUT2D eigenvalue weighted by Gasteiger charge is 2.15. The topological polar surface area (TPSA) is 119 Å². The number of hydrogen-bond acceptors (Lipinski definition) is 12. The van der Waals surface area contributed by atoms with Crippen molar-refractivity contribution in [2.24, 2.45) is 0 Å². The van der Waals surface area contributed by atoms with E-state index in [2.05, 4.69) is 19.1 Å². The number of aryl methyl sites for hydroxylation is 1. The molecule has 0 aromatic heterocycles. The monoisotopic (exact) mass is 730 g/mol. The minimum Gasteiger partial charge on any atom is -0.491 e. The Bertz CT molecular complexity index is 878. The smallest absolute Gasteiger partial charge is 0.308 e. The van der Waals surface area contributed by atoms with E-state index >= 15 is 0 Å². The van der Waals surface area contributed by atoms with Gasteiger partial charge in [-0.15, -0.1) is 0 Å². The summed E-state index contributed by atoms with van der Waals surface area (Å²) >= 11 is 0. The van der Waals surface area contributed by atoms with Gasteiger partial charge in [0.1, 0.15) is 18.0 Å². The van der Waals surface area contributed by atoms with Crippen molar-refractivity contribution in [2.45, 2.75) is 84.7 Å². The maximum atomic E-state index is 11.6. The van der Waals surface area contributed by atoms with Gasteiger partial charge in [-0.05, 0) is 51.3 Å². The van der Waals surface area contributed by atoms with Gasteiger partial charge < -0.3 is 52.1 Å². The molecule has 0 fully saturated rings. The quantitative estimate of drug-likeness (QED) is 0.0600. The number of carbonyl (C=O) groups is 1. The lowest BCUT2D eigenvalue weighted by atomic mass is 10.0. The number of unbranched alkanes of at least 4 members (excludes halogenated alkanes) is 5. The molecule has 298 valence electrons. The Balaban J connectivity index is 1.70. The molecule has 1 aromatic carbocycles. The van der Waals surface area contributed by atoms with Gasteiger partial charge in [-0.3, -0.25) is 4.79 Å². The predicted molar refractivity (Wildman–Crippen MR) is 197 cm³/mol. The summed E-state index contributed by atoms with van der Waals surface area (Å²) in [5, 5.41) is 0. The molecule has 12 heteroatoms. The van der Waals surface area contributed by atoms with Crippen molar-refractivity contribution in [1.82, 2.24) is 0 Å². The van der Waals surface area contributed by atoms with Crippen molar-refractivity contribution in [3.63, 3.8) is 0 Å². The minimum atomic E-state index is -0.473. The SMILES string of the molecule is CCCCCCCCc1ccc(OCCOCCOCCOCCOCCOCCOCCOCCOCCOCCC(=O)OC(C)(C)C)cc1. The molecule has 0 atom stereocenters. The second-order valence-corrected chi connectivity index (χ2v) is 12.9. The van der Waals surface area contributed by atoms with E-state index in [-0.39, 0.29) is 12.4 Å². The summed E-state index contributed by atoms with van der Waals surface area (Å²) in [7, 11) is 0. The summed E-state index contributed by atoms with van der Waals surface area (Å²) in [6.45, 7) is 17.0. The molecule has 0 saturated heterocycles. The fourth-order valence-electron chi connectivity index (χ4n) is 4.49. The number of carbonyl (C=O) groups excluding carboxylic acids is 1. The molecular formula is C39H70O12. The molecule has 1 rings (SSSR count). The molecule has 0 bridgehead atoms. The zero-order valence-electron chi connectivity index (χ0n) is 32.3. The van der Waals surface area contributed by atoms with E-state index in [1.807, 2.05) is 32.9 Å². The Morgan fingerprint density at radius 2 is 0.824 bits per heavy atom.